The number of nitriles is 1. The zero-order valence-corrected chi connectivity index (χ0v) is 16.7. The van der Waals surface area contributed by atoms with Gasteiger partial charge in [0, 0.05) is 24.5 Å². The first-order valence-corrected chi connectivity index (χ1v) is 10.3. The minimum Gasteiger partial charge on any atom is -0.484 e. The first-order chi connectivity index (χ1) is 14.2. The molecule has 0 spiro atoms. The molecular formula is C23H21N3O2S. The smallest absolute Gasteiger partial charge is 0.262 e. The SMILES string of the molecule is N#Cc1c(NC(=O)COc2ccccc2)sc2c1CCN(Cc1ccccc1)C2. The lowest BCUT2D eigenvalue weighted by Gasteiger charge is -2.26. The highest BCUT2D eigenvalue weighted by atomic mass is 32.1. The molecule has 2 heterocycles. The molecule has 0 saturated carbocycles. The van der Waals surface area contributed by atoms with Crippen molar-refractivity contribution in [1.82, 2.24) is 4.90 Å². The molecule has 0 radical (unpaired) electrons. The van der Waals surface area contributed by atoms with Gasteiger partial charge in [-0.3, -0.25) is 9.69 Å². The minimum atomic E-state index is -0.259. The van der Waals surface area contributed by atoms with Gasteiger partial charge in [0.1, 0.15) is 16.8 Å². The van der Waals surface area contributed by atoms with Gasteiger partial charge in [0.25, 0.3) is 5.91 Å². The first-order valence-electron chi connectivity index (χ1n) is 9.51. The van der Waals surface area contributed by atoms with Crippen molar-refractivity contribution in [3.63, 3.8) is 0 Å². The Bertz CT molecular complexity index is 1030. The van der Waals surface area contributed by atoms with Gasteiger partial charge < -0.3 is 10.1 Å². The number of hydrogen-bond donors (Lipinski definition) is 1. The third kappa shape index (κ3) is 4.65. The van der Waals surface area contributed by atoms with Crippen molar-refractivity contribution in [2.24, 2.45) is 0 Å². The van der Waals surface area contributed by atoms with E-state index in [1.165, 1.54) is 16.9 Å². The van der Waals surface area contributed by atoms with E-state index in [2.05, 4.69) is 40.6 Å². The number of ether oxygens (including phenoxy) is 1. The topological polar surface area (TPSA) is 65.4 Å². The van der Waals surface area contributed by atoms with E-state index in [1.54, 1.807) is 12.1 Å². The Labute approximate surface area is 174 Å². The molecule has 4 rings (SSSR count). The van der Waals surface area contributed by atoms with Crippen molar-refractivity contribution in [2.45, 2.75) is 19.5 Å². The van der Waals surface area contributed by atoms with Crippen LogP contribution in [0.1, 0.15) is 21.6 Å². The number of nitrogens with zero attached hydrogens (tertiary/aromatic N) is 2. The molecule has 0 bridgehead atoms. The summed E-state index contributed by atoms with van der Waals surface area (Å²) in [6, 6.07) is 21.9. The zero-order chi connectivity index (χ0) is 20.1. The second kappa shape index (κ2) is 8.91. The fourth-order valence-corrected chi connectivity index (χ4v) is 4.72. The molecule has 3 aromatic rings. The third-order valence-electron chi connectivity index (χ3n) is 4.86. The predicted molar refractivity (Wildman–Crippen MR) is 114 cm³/mol. The molecule has 1 aromatic heterocycles. The normalized spacial score (nSPS) is 13.3. The number of hydrogen-bond acceptors (Lipinski definition) is 5. The van der Waals surface area contributed by atoms with Crippen molar-refractivity contribution in [2.75, 3.05) is 18.5 Å². The number of fused-ring (bicyclic) bond motifs is 1. The van der Waals surface area contributed by atoms with Crippen LogP contribution in [0.25, 0.3) is 0 Å². The van der Waals surface area contributed by atoms with Crippen LogP contribution in [0.3, 0.4) is 0 Å². The van der Waals surface area contributed by atoms with Crippen LogP contribution in [0, 0.1) is 11.3 Å². The van der Waals surface area contributed by atoms with Crippen molar-refractivity contribution in [1.29, 1.82) is 5.26 Å². The van der Waals surface area contributed by atoms with E-state index in [-0.39, 0.29) is 12.5 Å². The molecule has 0 unspecified atom stereocenters. The second-order valence-electron chi connectivity index (χ2n) is 6.92. The number of carbonyl (C=O) groups is 1. The van der Waals surface area contributed by atoms with Crippen LogP contribution in [0.15, 0.2) is 60.7 Å². The molecule has 29 heavy (non-hydrogen) atoms. The van der Waals surface area contributed by atoms with Crippen LogP contribution in [0.5, 0.6) is 5.75 Å². The number of anilines is 1. The van der Waals surface area contributed by atoms with Crippen molar-refractivity contribution in [3.05, 3.63) is 82.2 Å². The molecule has 2 aromatic carbocycles. The van der Waals surface area contributed by atoms with Gasteiger partial charge in [0.15, 0.2) is 6.61 Å². The molecule has 1 aliphatic heterocycles. The lowest BCUT2D eigenvalue weighted by molar-refractivity contribution is -0.118. The van der Waals surface area contributed by atoms with Crippen LogP contribution in [0.2, 0.25) is 0 Å². The maximum Gasteiger partial charge on any atom is 0.262 e. The predicted octanol–water partition coefficient (Wildman–Crippen LogP) is 4.20. The van der Waals surface area contributed by atoms with Crippen LogP contribution >= 0.6 is 11.3 Å². The lowest BCUT2D eigenvalue weighted by atomic mass is 10.0. The van der Waals surface area contributed by atoms with Gasteiger partial charge in [-0.15, -0.1) is 11.3 Å². The van der Waals surface area contributed by atoms with Gasteiger partial charge in [0.05, 0.1) is 5.56 Å². The molecule has 0 saturated heterocycles. The number of thiophene rings is 1. The Morgan fingerprint density at radius 1 is 1.14 bits per heavy atom. The number of carbonyl (C=O) groups excluding carboxylic acids is 1. The summed E-state index contributed by atoms with van der Waals surface area (Å²) in [5, 5.41) is 13.1. The van der Waals surface area contributed by atoms with E-state index in [1.807, 2.05) is 24.3 Å². The average Bonchev–Trinajstić information content (AvgIpc) is 3.09. The fourth-order valence-electron chi connectivity index (χ4n) is 3.47. The van der Waals surface area contributed by atoms with E-state index < -0.39 is 0 Å². The number of rotatable bonds is 6. The maximum atomic E-state index is 12.3. The quantitative estimate of drug-likeness (QED) is 0.670. The summed E-state index contributed by atoms with van der Waals surface area (Å²) in [6.07, 6.45) is 0.817. The number of amides is 1. The molecule has 1 amide bonds. The zero-order valence-electron chi connectivity index (χ0n) is 15.9. The number of para-hydroxylation sites is 1. The molecule has 0 atom stereocenters. The summed E-state index contributed by atoms with van der Waals surface area (Å²) < 4.78 is 5.50. The van der Waals surface area contributed by atoms with E-state index in [4.69, 9.17) is 4.74 Å². The summed E-state index contributed by atoms with van der Waals surface area (Å²) in [5.41, 5.74) is 2.94. The Morgan fingerprint density at radius 3 is 2.59 bits per heavy atom. The second-order valence-corrected chi connectivity index (χ2v) is 8.02. The van der Waals surface area contributed by atoms with Crippen LogP contribution in [-0.4, -0.2) is 24.0 Å². The lowest BCUT2D eigenvalue weighted by Crippen LogP contribution is -2.29. The van der Waals surface area contributed by atoms with Crippen LogP contribution < -0.4 is 10.1 Å². The third-order valence-corrected chi connectivity index (χ3v) is 6.00. The van der Waals surface area contributed by atoms with Crippen molar-refractivity contribution >= 4 is 22.2 Å². The monoisotopic (exact) mass is 403 g/mol. The molecule has 0 aliphatic carbocycles. The Kier molecular flexibility index (Phi) is 5.89. The fraction of sp³-hybridized carbons (Fsp3) is 0.217. The Hall–Kier alpha value is -3.14. The summed E-state index contributed by atoms with van der Waals surface area (Å²) in [5.74, 6) is 0.385. The summed E-state index contributed by atoms with van der Waals surface area (Å²) in [7, 11) is 0. The van der Waals surface area contributed by atoms with E-state index in [0.29, 0.717) is 16.3 Å². The number of nitrogens with one attached hydrogen (secondary N) is 1. The van der Waals surface area contributed by atoms with Crippen molar-refractivity contribution < 1.29 is 9.53 Å². The first kappa shape index (κ1) is 19.2. The Balaban J connectivity index is 1.42. The van der Waals surface area contributed by atoms with Gasteiger partial charge in [-0.2, -0.15) is 5.26 Å². The van der Waals surface area contributed by atoms with Crippen molar-refractivity contribution in [3.8, 4) is 11.8 Å². The summed E-state index contributed by atoms with van der Waals surface area (Å²) in [4.78, 5) is 15.9. The van der Waals surface area contributed by atoms with Gasteiger partial charge in [0.2, 0.25) is 0 Å². The van der Waals surface area contributed by atoms with Gasteiger partial charge >= 0.3 is 0 Å². The van der Waals surface area contributed by atoms with Gasteiger partial charge in [-0.25, -0.2) is 0 Å². The van der Waals surface area contributed by atoms with Gasteiger partial charge in [-0.1, -0.05) is 48.5 Å². The van der Waals surface area contributed by atoms with E-state index in [0.717, 1.165) is 36.5 Å². The molecule has 5 nitrogen and oxygen atoms in total. The molecule has 6 heteroatoms. The van der Waals surface area contributed by atoms with E-state index >= 15 is 0 Å². The molecular weight excluding hydrogens is 382 g/mol. The summed E-state index contributed by atoms with van der Waals surface area (Å²) >= 11 is 1.50. The molecule has 146 valence electrons. The maximum absolute atomic E-state index is 12.3. The number of benzene rings is 2. The minimum absolute atomic E-state index is 0.0857. The highest BCUT2D eigenvalue weighted by Crippen LogP contribution is 2.37. The highest BCUT2D eigenvalue weighted by molar-refractivity contribution is 7.16. The van der Waals surface area contributed by atoms with Crippen LogP contribution in [-0.2, 0) is 24.3 Å². The highest BCUT2D eigenvalue weighted by Gasteiger charge is 2.25. The van der Waals surface area contributed by atoms with Gasteiger partial charge in [-0.05, 0) is 29.7 Å². The Morgan fingerprint density at radius 2 is 1.86 bits per heavy atom. The largest absolute Gasteiger partial charge is 0.484 e. The molecule has 0 fully saturated rings. The molecule has 1 aliphatic rings. The molecule has 1 N–H and O–H groups in total. The summed E-state index contributed by atoms with van der Waals surface area (Å²) in [6.45, 7) is 2.49. The van der Waals surface area contributed by atoms with Crippen LogP contribution in [0.4, 0.5) is 5.00 Å². The average molecular weight is 404 g/mol. The van der Waals surface area contributed by atoms with E-state index in [9.17, 15) is 10.1 Å². The standard InChI is InChI=1S/C23H21N3O2S/c24-13-20-19-11-12-26(14-17-7-3-1-4-8-17)15-21(19)29-23(20)25-22(27)16-28-18-9-5-2-6-10-18/h1-10H,11-12,14-16H2,(H,25,27).